The van der Waals surface area contributed by atoms with Crippen molar-refractivity contribution in [1.82, 2.24) is 9.21 Å². The average Bonchev–Trinajstić information content (AvgIpc) is 2.88. The van der Waals surface area contributed by atoms with E-state index in [2.05, 4.69) is 0 Å². The number of nitrogens with zero attached hydrogens (tertiary/aromatic N) is 2. The molecule has 1 N–H and O–H groups in total. The number of amides is 1. The molecular formula is C21H33BN2O6S. The predicted octanol–water partition coefficient (Wildman–Crippen LogP) is 2.38. The molecule has 1 amide bonds. The second kappa shape index (κ2) is 7.76. The summed E-state index contributed by atoms with van der Waals surface area (Å²) in [6, 6.07) is 6.11. The van der Waals surface area contributed by atoms with E-state index in [0.29, 0.717) is 0 Å². The van der Waals surface area contributed by atoms with Crippen LogP contribution in [0.3, 0.4) is 0 Å². The van der Waals surface area contributed by atoms with E-state index in [4.69, 9.17) is 9.31 Å². The molecule has 2 fully saturated rings. The SMILES string of the molecule is CC(C)(C)C1CN(S(=O)(=O)c2ccc(B3OC(C)(C)C(C)(C)O3)cc2)CCN1C(=O)O. The van der Waals surface area contributed by atoms with Gasteiger partial charge in [0.1, 0.15) is 0 Å². The monoisotopic (exact) mass is 452 g/mol. The molecule has 0 aromatic heterocycles. The van der Waals surface area contributed by atoms with Gasteiger partial charge >= 0.3 is 13.2 Å². The minimum Gasteiger partial charge on any atom is -0.465 e. The Bertz CT molecular complexity index is 924. The van der Waals surface area contributed by atoms with Crippen LogP contribution in [0, 0.1) is 5.41 Å². The lowest BCUT2D eigenvalue weighted by Crippen LogP contribution is -2.60. The number of rotatable bonds is 3. The largest absolute Gasteiger partial charge is 0.494 e. The van der Waals surface area contributed by atoms with Crippen LogP contribution in [0.15, 0.2) is 29.2 Å². The highest BCUT2D eigenvalue weighted by molar-refractivity contribution is 7.89. The quantitative estimate of drug-likeness (QED) is 0.708. The van der Waals surface area contributed by atoms with E-state index in [1.165, 1.54) is 9.21 Å². The maximum atomic E-state index is 13.3. The third-order valence-corrected chi connectivity index (χ3v) is 8.51. The van der Waals surface area contributed by atoms with Crippen molar-refractivity contribution in [1.29, 1.82) is 0 Å². The van der Waals surface area contributed by atoms with E-state index >= 15 is 0 Å². The molecule has 1 aromatic carbocycles. The van der Waals surface area contributed by atoms with Gasteiger partial charge in [0.15, 0.2) is 0 Å². The van der Waals surface area contributed by atoms with Crippen molar-refractivity contribution in [3.63, 3.8) is 0 Å². The number of piperazine rings is 1. The fourth-order valence-corrected chi connectivity index (χ4v) is 5.31. The topological polar surface area (TPSA) is 96.4 Å². The second-order valence-corrected chi connectivity index (χ2v) is 12.3. The van der Waals surface area contributed by atoms with Crippen molar-refractivity contribution >= 4 is 28.7 Å². The van der Waals surface area contributed by atoms with Gasteiger partial charge < -0.3 is 19.3 Å². The van der Waals surface area contributed by atoms with Crippen LogP contribution in [0.1, 0.15) is 48.5 Å². The van der Waals surface area contributed by atoms with Gasteiger partial charge in [0.25, 0.3) is 0 Å². The van der Waals surface area contributed by atoms with Crippen LogP contribution in [0.5, 0.6) is 0 Å². The molecule has 2 aliphatic heterocycles. The first-order valence-corrected chi connectivity index (χ1v) is 12.0. The Morgan fingerprint density at radius 1 is 1.06 bits per heavy atom. The van der Waals surface area contributed by atoms with Crippen molar-refractivity contribution in [3.05, 3.63) is 24.3 Å². The van der Waals surface area contributed by atoms with Crippen LogP contribution >= 0.6 is 0 Å². The third-order valence-electron chi connectivity index (χ3n) is 6.63. The molecule has 172 valence electrons. The van der Waals surface area contributed by atoms with Gasteiger partial charge in [-0.25, -0.2) is 13.2 Å². The highest BCUT2D eigenvalue weighted by atomic mass is 32.2. The van der Waals surface area contributed by atoms with Crippen LogP contribution < -0.4 is 5.46 Å². The molecule has 1 atom stereocenters. The Morgan fingerprint density at radius 2 is 1.58 bits per heavy atom. The van der Waals surface area contributed by atoms with Gasteiger partial charge in [-0.1, -0.05) is 32.9 Å². The van der Waals surface area contributed by atoms with Crippen LogP contribution in [0.25, 0.3) is 0 Å². The molecule has 0 aliphatic carbocycles. The smallest absolute Gasteiger partial charge is 0.465 e. The Morgan fingerprint density at radius 3 is 2.03 bits per heavy atom. The molecule has 2 aliphatic rings. The van der Waals surface area contributed by atoms with E-state index < -0.39 is 45.9 Å². The first-order valence-electron chi connectivity index (χ1n) is 10.5. The number of hydrogen-bond donors (Lipinski definition) is 1. The molecule has 10 heteroatoms. The summed E-state index contributed by atoms with van der Waals surface area (Å²) < 4.78 is 40.0. The number of hydrogen-bond acceptors (Lipinski definition) is 5. The van der Waals surface area contributed by atoms with E-state index in [0.717, 1.165) is 5.46 Å². The van der Waals surface area contributed by atoms with Crippen molar-refractivity contribution in [2.45, 2.75) is 70.6 Å². The summed E-state index contributed by atoms with van der Waals surface area (Å²) in [5, 5.41) is 9.52. The number of carbonyl (C=O) groups is 1. The Hall–Kier alpha value is -1.62. The van der Waals surface area contributed by atoms with Gasteiger partial charge in [-0.2, -0.15) is 4.31 Å². The van der Waals surface area contributed by atoms with Crippen molar-refractivity contribution in [3.8, 4) is 0 Å². The predicted molar refractivity (Wildman–Crippen MR) is 119 cm³/mol. The fourth-order valence-electron chi connectivity index (χ4n) is 3.87. The Balaban J connectivity index is 1.81. The zero-order valence-corrected chi connectivity index (χ0v) is 20.2. The van der Waals surface area contributed by atoms with E-state index in [-0.39, 0.29) is 24.5 Å². The molecular weight excluding hydrogens is 419 g/mol. The molecule has 1 unspecified atom stereocenters. The molecule has 0 bridgehead atoms. The van der Waals surface area contributed by atoms with Crippen molar-refractivity contribution in [2.24, 2.45) is 5.41 Å². The van der Waals surface area contributed by atoms with Crippen LogP contribution in [-0.4, -0.2) is 72.8 Å². The highest BCUT2D eigenvalue weighted by Gasteiger charge is 2.51. The first kappa shape index (κ1) is 24.0. The van der Waals surface area contributed by atoms with Gasteiger partial charge in [0, 0.05) is 19.6 Å². The molecule has 1 aromatic rings. The summed E-state index contributed by atoms with van der Waals surface area (Å²) in [4.78, 5) is 13.1. The fraction of sp³-hybridized carbons (Fsp3) is 0.667. The van der Waals surface area contributed by atoms with Crippen molar-refractivity contribution in [2.75, 3.05) is 19.6 Å². The van der Waals surface area contributed by atoms with Gasteiger partial charge in [0.05, 0.1) is 22.1 Å². The summed E-state index contributed by atoms with van der Waals surface area (Å²) in [5.74, 6) is 0. The van der Waals surface area contributed by atoms with E-state index in [1.807, 2.05) is 48.5 Å². The molecule has 2 saturated heterocycles. The maximum Gasteiger partial charge on any atom is 0.494 e. The summed E-state index contributed by atoms with van der Waals surface area (Å²) in [7, 11) is -4.32. The normalized spacial score (nSPS) is 24.4. The van der Waals surface area contributed by atoms with Crippen LogP contribution in [0.2, 0.25) is 0 Å². The zero-order valence-electron chi connectivity index (χ0n) is 19.4. The third kappa shape index (κ3) is 4.48. The van der Waals surface area contributed by atoms with Gasteiger partial charge in [-0.3, -0.25) is 0 Å². The Labute approximate surface area is 185 Å². The number of sulfonamides is 1. The van der Waals surface area contributed by atoms with E-state index in [1.54, 1.807) is 24.3 Å². The molecule has 0 spiro atoms. The molecule has 31 heavy (non-hydrogen) atoms. The first-order chi connectivity index (χ1) is 14.1. The van der Waals surface area contributed by atoms with Gasteiger partial charge in [0.2, 0.25) is 10.0 Å². The molecule has 0 saturated carbocycles. The zero-order chi connectivity index (χ0) is 23.4. The second-order valence-electron chi connectivity index (χ2n) is 10.4. The summed E-state index contributed by atoms with van der Waals surface area (Å²) in [6.45, 7) is 14.0. The average molecular weight is 452 g/mol. The lowest BCUT2D eigenvalue weighted by atomic mass is 9.79. The molecule has 8 nitrogen and oxygen atoms in total. The molecule has 3 rings (SSSR count). The maximum absolute atomic E-state index is 13.3. The van der Waals surface area contributed by atoms with Crippen LogP contribution in [0.4, 0.5) is 4.79 Å². The molecule has 2 heterocycles. The minimum atomic E-state index is -3.76. The van der Waals surface area contributed by atoms with Gasteiger partial charge in [-0.15, -0.1) is 0 Å². The minimum absolute atomic E-state index is 0.122. The Kier molecular flexibility index (Phi) is 6.01. The summed E-state index contributed by atoms with van der Waals surface area (Å²) in [5.41, 5.74) is -0.601. The lowest BCUT2D eigenvalue weighted by Gasteiger charge is -2.45. The van der Waals surface area contributed by atoms with Crippen molar-refractivity contribution < 1.29 is 27.6 Å². The summed E-state index contributed by atoms with van der Waals surface area (Å²) >= 11 is 0. The van der Waals surface area contributed by atoms with Crippen LogP contribution in [-0.2, 0) is 19.3 Å². The lowest BCUT2D eigenvalue weighted by molar-refractivity contribution is 0.00578. The van der Waals surface area contributed by atoms with Gasteiger partial charge in [-0.05, 0) is 50.7 Å². The number of carboxylic acid groups (broad SMARTS) is 1. The standard InChI is InChI=1S/C21H33BN2O6S/c1-19(2,3)17-14-23(12-13-24(17)18(25)26)31(27,28)16-10-8-15(9-11-16)22-29-20(4,5)21(6,7)30-22/h8-11,17H,12-14H2,1-7H3,(H,25,26). The molecule has 0 radical (unpaired) electrons. The highest BCUT2D eigenvalue weighted by Crippen LogP contribution is 2.36. The number of benzene rings is 1. The summed E-state index contributed by atoms with van der Waals surface area (Å²) in [6.07, 6.45) is -1.02. The van der Waals surface area contributed by atoms with E-state index in [9.17, 15) is 18.3 Å².